The quantitative estimate of drug-likeness (QED) is 0.801. The van der Waals surface area contributed by atoms with E-state index in [-0.39, 0.29) is 17.8 Å². The number of oxazole rings is 1. The number of benzene rings is 1. The number of rotatable bonds is 6. The van der Waals surface area contributed by atoms with Crippen LogP contribution in [0.15, 0.2) is 35.1 Å². The third kappa shape index (κ3) is 3.74. The first-order chi connectivity index (χ1) is 12.2. The van der Waals surface area contributed by atoms with E-state index >= 15 is 0 Å². The molecule has 1 amide bonds. The molecule has 1 aromatic heterocycles. The van der Waals surface area contributed by atoms with Crippen molar-refractivity contribution in [2.24, 2.45) is 5.92 Å². The first-order valence-electron chi connectivity index (χ1n) is 8.79. The number of hydrogen-bond acceptors (Lipinski definition) is 4. The maximum atomic E-state index is 13.1. The van der Waals surface area contributed by atoms with Crippen LogP contribution in [-0.2, 0) is 11.3 Å². The molecule has 0 radical (unpaired) electrons. The molecule has 6 heteroatoms. The van der Waals surface area contributed by atoms with Gasteiger partial charge in [0, 0.05) is 19.7 Å². The molecule has 1 aromatic carbocycles. The molecular formula is C19H21FN2O3. The summed E-state index contributed by atoms with van der Waals surface area (Å²) in [6, 6.07) is 6.27. The van der Waals surface area contributed by atoms with Crippen LogP contribution in [0.1, 0.15) is 53.6 Å². The van der Waals surface area contributed by atoms with Crippen molar-refractivity contribution in [3.63, 3.8) is 0 Å². The average molecular weight is 344 g/mol. The molecule has 2 fully saturated rings. The molecule has 0 N–H and O–H groups in total. The van der Waals surface area contributed by atoms with Gasteiger partial charge in [0.2, 0.25) is 0 Å². The van der Waals surface area contributed by atoms with Crippen molar-refractivity contribution in [2.45, 2.75) is 38.3 Å². The fraction of sp³-hybridized carbons (Fsp3) is 0.474. The van der Waals surface area contributed by atoms with E-state index in [1.807, 2.05) is 0 Å². The van der Waals surface area contributed by atoms with E-state index in [1.54, 1.807) is 17.0 Å². The Morgan fingerprint density at radius 2 is 2.04 bits per heavy atom. The normalized spacial score (nSPS) is 20.0. The summed E-state index contributed by atoms with van der Waals surface area (Å²) in [5.74, 6) is 0.654. The van der Waals surface area contributed by atoms with Crippen molar-refractivity contribution < 1.29 is 18.3 Å². The molecule has 1 saturated carbocycles. The van der Waals surface area contributed by atoms with E-state index in [2.05, 4.69) is 4.98 Å². The molecule has 5 nitrogen and oxygen atoms in total. The van der Waals surface area contributed by atoms with Crippen molar-refractivity contribution in [3.8, 4) is 0 Å². The van der Waals surface area contributed by atoms with Gasteiger partial charge in [-0.1, -0.05) is 12.1 Å². The molecule has 1 saturated heterocycles. The Kier molecular flexibility index (Phi) is 4.53. The molecule has 1 aliphatic carbocycles. The van der Waals surface area contributed by atoms with Crippen molar-refractivity contribution in [1.82, 2.24) is 9.88 Å². The van der Waals surface area contributed by atoms with Crippen LogP contribution in [0.4, 0.5) is 4.39 Å². The zero-order chi connectivity index (χ0) is 17.2. The Balaban J connectivity index is 1.55. The summed E-state index contributed by atoms with van der Waals surface area (Å²) in [5, 5.41) is 0. The standard InChI is InChI=1S/C19H21FN2O3/c20-15-7-5-14(6-8-15)11-22(10-13-3-4-13)19(23)17-18(25-12-21-17)16-2-1-9-24-16/h5-8,12-13,16H,1-4,9-11H2/t16-/m0/s1. The van der Waals surface area contributed by atoms with Crippen LogP contribution in [0, 0.1) is 11.7 Å². The minimum absolute atomic E-state index is 0.143. The summed E-state index contributed by atoms with van der Waals surface area (Å²) in [4.78, 5) is 19.1. The monoisotopic (exact) mass is 344 g/mol. The molecule has 25 heavy (non-hydrogen) atoms. The molecule has 2 heterocycles. The number of aromatic nitrogens is 1. The summed E-state index contributed by atoms with van der Waals surface area (Å²) in [6.45, 7) is 1.81. The highest BCUT2D eigenvalue weighted by molar-refractivity contribution is 5.93. The van der Waals surface area contributed by atoms with Crippen LogP contribution in [-0.4, -0.2) is 28.9 Å². The molecule has 4 rings (SSSR count). The number of halogens is 1. The molecule has 2 aliphatic rings. The van der Waals surface area contributed by atoms with Gasteiger partial charge in [-0.3, -0.25) is 4.79 Å². The van der Waals surface area contributed by atoms with E-state index in [1.165, 1.54) is 18.5 Å². The van der Waals surface area contributed by atoms with Gasteiger partial charge < -0.3 is 14.1 Å². The number of carbonyl (C=O) groups excluding carboxylic acids is 1. The predicted molar refractivity (Wildman–Crippen MR) is 88.3 cm³/mol. The molecule has 1 atom stereocenters. The minimum Gasteiger partial charge on any atom is -0.445 e. The molecule has 1 aliphatic heterocycles. The van der Waals surface area contributed by atoms with Gasteiger partial charge in [-0.05, 0) is 49.3 Å². The molecule has 132 valence electrons. The van der Waals surface area contributed by atoms with Crippen LogP contribution in [0.25, 0.3) is 0 Å². The van der Waals surface area contributed by atoms with Gasteiger partial charge >= 0.3 is 0 Å². The van der Waals surface area contributed by atoms with Crippen LogP contribution >= 0.6 is 0 Å². The molecular weight excluding hydrogens is 323 g/mol. The van der Waals surface area contributed by atoms with Gasteiger partial charge in [0.1, 0.15) is 11.9 Å². The number of ether oxygens (including phenoxy) is 1. The summed E-state index contributed by atoms with van der Waals surface area (Å²) in [5.41, 5.74) is 1.24. The zero-order valence-corrected chi connectivity index (χ0v) is 14.0. The van der Waals surface area contributed by atoms with Gasteiger partial charge in [-0.15, -0.1) is 0 Å². The van der Waals surface area contributed by atoms with Gasteiger partial charge in [-0.25, -0.2) is 9.37 Å². The lowest BCUT2D eigenvalue weighted by atomic mass is 10.1. The second kappa shape index (κ2) is 6.96. The lowest BCUT2D eigenvalue weighted by molar-refractivity contribution is 0.0696. The van der Waals surface area contributed by atoms with E-state index < -0.39 is 0 Å². The fourth-order valence-corrected chi connectivity index (χ4v) is 3.22. The first-order valence-corrected chi connectivity index (χ1v) is 8.79. The highest BCUT2D eigenvalue weighted by Crippen LogP contribution is 2.33. The second-order valence-corrected chi connectivity index (χ2v) is 6.82. The second-order valence-electron chi connectivity index (χ2n) is 6.82. The van der Waals surface area contributed by atoms with Crippen molar-refractivity contribution >= 4 is 5.91 Å². The van der Waals surface area contributed by atoms with Crippen LogP contribution in [0.5, 0.6) is 0 Å². The molecule has 2 aromatic rings. The molecule has 0 spiro atoms. The Morgan fingerprint density at radius 3 is 2.72 bits per heavy atom. The smallest absolute Gasteiger partial charge is 0.276 e. The van der Waals surface area contributed by atoms with Gasteiger partial charge in [0.15, 0.2) is 17.8 Å². The van der Waals surface area contributed by atoms with Crippen LogP contribution in [0.3, 0.4) is 0 Å². The lowest BCUT2D eigenvalue weighted by Crippen LogP contribution is -2.33. The lowest BCUT2D eigenvalue weighted by Gasteiger charge is -2.22. The number of nitrogens with zero attached hydrogens (tertiary/aromatic N) is 2. The largest absolute Gasteiger partial charge is 0.445 e. The highest BCUT2D eigenvalue weighted by Gasteiger charge is 2.33. The number of amides is 1. The topological polar surface area (TPSA) is 55.6 Å². The van der Waals surface area contributed by atoms with Crippen molar-refractivity contribution in [3.05, 3.63) is 53.5 Å². The summed E-state index contributed by atoms with van der Waals surface area (Å²) < 4.78 is 24.3. The summed E-state index contributed by atoms with van der Waals surface area (Å²) in [6.07, 6.45) is 5.22. The Bertz CT molecular complexity index is 733. The van der Waals surface area contributed by atoms with Gasteiger partial charge in [-0.2, -0.15) is 0 Å². The van der Waals surface area contributed by atoms with Crippen molar-refractivity contribution in [1.29, 1.82) is 0 Å². The number of hydrogen-bond donors (Lipinski definition) is 0. The third-order valence-electron chi connectivity index (χ3n) is 4.77. The Morgan fingerprint density at radius 1 is 1.24 bits per heavy atom. The van der Waals surface area contributed by atoms with E-state index in [9.17, 15) is 9.18 Å². The SMILES string of the molecule is O=C(c1ncoc1[C@@H]1CCCO1)N(Cc1ccc(F)cc1)CC1CC1. The summed E-state index contributed by atoms with van der Waals surface area (Å²) >= 11 is 0. The Labute approximate surface area is 145 Å². The fourth-order valence-electron chi connectivity index (χ4n) is 3.22. The summed E-state index contributed by atoms with van der Waals surface area (Å²) in [7, 11) is 0. The maximum absolute atomic E-state index is 13.1. The third-order valence-corrected chi connectivity index (χ3v) is 4.77. The van der Waals surface area contributed by atoms with E-state index in [0.29, 0.717) is 37.1 Å². The van der Waals surface area contributed by atoms with Gasteiger partial charge in [0.25, 0.3) is 5.91 Å². The van der Waals surface area contributed by atoms with Gasteiger partial charge in [0.05, 0.1) is 0 Å². The maximum Gasteiger partial charge on any atom is 0.276 e. The highest BCUT2D eigenvalue weighted by atomic mass is 19.1. The van der Waals surface area contributed by atoms with Crippen LogP contribution < -0.4 is 0 Å². The predicted octanol–water partition coefficient (Wildman–Crippen LogP) is 3.72. The van der Waals surface area contributed by atoms with Crippen LogP contribution in [0.2, 0.25) is 0 Å². The average Bonchev–Trinajstić information content (AvgIpc) is 3.09. The van der Waals surface area contributed by atoms with E-state index in [4.69, 9.17) is 9.15 Å². The van der Waals surface area contributed by atoms with E-state index in [0.717, 1.165) is 31.2 Å². The van der Waals surface area contributed by atoms with Crippen molar-refractivity contribution in [2.75, 3.05) is 13.2 Å². The zero-order valence-electron chi connectivity index (χ0n) is 14.0. The minimum atomic E-state index is -0.277. The first kappa shape index (κ1) is 16.3. The molecule has 0 bridgehead atoms. The molecule has 0 unspecified atom stereocenters. The Hall–Kier alpha value is -2.21. The number of carbonyl (C=O) groups is 1.